The fourth-order valence-corrected chi connectivity index (χ4v) is 2.86. The van der Waals surface area contributed by atoms with Gasteiger partial charge in [-0.3, -0.25) is 4.79 Å². The minimum absolute atomic E-state index is 0.00992. The number of carbonyl (C=O) groups is 1. The fraction of sp³-hybridized carbons (Fsp3) is 0.588. The summed E-state index contributed by atoms with van der Waals surface area (Å²) in [5, 5.41) is 2.91. The molecule has 0 bridgehead atoms. The summed E-state index contributed by atoms with van der Waals surface area (Å²) < 4.78 is 12.1. The summed E-state index contributed by atoms with van der Waals surface area (Å²) in [4.78, 5) is 11.8. The molecule has 0 aliphatic carbocycles. The Balaban J connectivity index is 2.51. The maximum atomic E-state index is 11.8. The Kier molecular flexibility index (Phi) is 5.15. The molecule has 1 amide bonds. The van der Waals surface area contributed by atoms with E-state index in [-0.39, 0.29) is 29.9 Å². The second kappa shape index (κ2) is 6.57. The van der Waals surface area contributed by atoms with Gasteiger partial charge in [-0.2, -0.15) is 0 Å². The summed E-state index contributed by atoms with van der Waals surface area (Å²) in [6.07, 6.45) is -0.0198. The number of hydrogen-bond donors (Lipinski definition) is 1. The van der Waals surface area contributed by atoms with Crippen LogP contribution >= 0.6 is 11.6 Å². The van der Waals surface area contributed by atoms with Gasteiger partial charge in [0.25, 0.3) is 0 Å². The molecule has 122 valence electrons. The quantitative estimate of drug-likeness (QED) is 0.852. The van der Waals surface area contributed by atoms with Crippen LogP contribution in [-0.2, 0) is 20.1 Å². The number of nitrogens with one attached hydrogen (secondary N) is 1. The van der Waals surface area contributed by atoms with Gasteiger partial charge in [0.05, 0.1) is 17.9 Å². The van der Waals surface area contributed by atoms with Crippen LogP contribution in [0.5, 0.6) is 0 Å². The number of ether oxygens (including phenoxy) is 2. The number of alkyl halides is 1. The van der Waals surface area contributed by atoms with E-state index >= 15 is 0 Å². The number of hydrogen-bond acceptors (Lipinski definition) is 3. The summed E-state index contributed by atoms with van der Waals surface area (Å²) in [6, 6.07) is 5.90. The predicted molar refractivity (Wildman–Crippen MR) is 88.3 cm³/mol. The zero-order valence-corrected chi connectivity index (χ0v) is 14.5. The van der Waals surface area contributed by atoms with E-state index in [1.54, 1.807) is 0 Å². The third kappa shape index (κ3) is 3.29. The number of anilines is 1. The van der Waals surface area contributed by atoms with E-state index in [4.69, 9.17) is 21.1 Å². The molecule has 1 saturated heterocycles. The number of para-hydroxylation sites is 1. The first-order valence-electron chi connectivity index (χ1n) is 7.63. The Labute approximate surface area is 137 Å². The first kappa shape index (κ1) is 17.3. The molecule has 2 unspecified atom stereocenters. The van der Waals surface area contributed by atoms with Crippen LogP contribution in [-0.4, -0.2) is 24.0 Å². The molecule has 1 aromatic rings. The van der Waals surface area contributed by atoms with Crippen molar-refractivity contribution < 1.29 is 14.3 Å². The lowest BCUT2D eigenvalue weighted by Gasteiger charge is -2.28. The Hall–Kier alpha value is -1.10. The first-order chi connectivity index (χ1) is 10.3. The smallest absolute Gasteiger partial charge is 0.239 e. The summed E-state index contributed by atoms with van der Waals surface area (Å²) in [5.41, 5.74) is 2.61. The topological polar surface area (TPSA) is 47.6 Å². The molecule has 22 heavy (non-hydrogen) atoms. The van der Waals surface area contributed by atoms with E-state index in [1.807, 2.05) is 39.0 Å². The van der Waals surface area contributed by atoms with E-state index in [0.29, 0.717) is 0 Å². The Morgan fingerprint density at radius 1 is 1.32 bits per heavy atom. The second-order valence-corrected chi connectivity index (χ2v) is 6.47. The molecular formula is C17H24ClNO3. The summed E-state index contributed by atoms with van der Waals surface area (Å²) in [7, 11) is 0. The first-order valence-corrected chi connectivity index (χ1v) is 8.16. The minimum Gasteiger partial charge on any atom is -0.340 e. The molecule has 0 radical (unpaired) electrons. The lowest BCUT2D eigenvalue weighted by molar-refractivity contribution is -0.166. The molecule has 4 nitrogen and oxygen atoms in total. The molecule has 0 saturated carbocycles. The molecule has 0 spiro atoms. The molecule has 1 aromatic carbocycles. The van der Waals surface area contributed by atoms with Gasteiger partial charge in [-0.25, -0.2) is 0 Å². The van der Waals surface area contributed by atoms with Crippen LogP contribution in [0.3, 0.4) is 0 Å². The monoisotopic (exact) mass is 325 g/mol. The third-order valence-electron chi connectivity index (χ3n) is 4.08. The third-order valence-corrected chi connectivity index (χ3v) is 4.32. The number of rotatable bonds is 4. The van der Waals surface area contributed by atoms with Crippen molar-refractivity contribution in [3.8, 4) is 0 Å². The van der Waals surface area contributed by atoms with Gasteiger partial charge in [0.15, 0.2) is 5.79 Å². The van der Waals surface area contributed by atoms with Crippen LogP contribution < -0.4 is 5.32 Å². The molecule has 1 heterocycles. The van der Waals surface area contributed by atoms with E-state index in [0.717, 1.165) is 16.8 Å². The SMILES string of the molecule is CC(C)c1cccc(C2(C)OC(C)C(C)O2)c1NC(=O)CCl. The standard InChI is InChI=1S/C17H24ClNO3/c1-10(2)13-7-6-8-14(16(13)19-15(20)9-18)17(5)21-11(3)12(4)22-17/h6-8,10-12H,9H2,1-5H3,(H,19,20). The van der Waals surface area contributed by atoms with Crippen LogP contribution in [0.15, 0.2) is 18.2 Å². The fourth-order valence-electron chi connectivity index (χ4n) is 2.80. The van der Waals surface area contributed by atoms with Crippen molar-refractivity contribution >= 4 is 23.2 Å². The van der Waals surface area contributed by atoms with Gasteiger partial charge < -0.3 is 14.8 Å². The van der Waals surface area contributed by atoms with Gasteiger partial charge in [0.1, 0.15) is 5.88 Å². The van der Waals surface area contributed by atoms with E-state index in [2.05, 4.69) is 19.2 Å². The van der Waals surface area contributed by atoms with Gasteiger partial charge in [0, 0.05) is 5.56 Å². The number of benzene rings is 1. The van der Waals surface area contributed by atoms with Crippen molar-refractivity contribution in [2.24, 2.45) is 0 Å². The predicted octanol–water partition coefficient (Wildman–Crippen LogP) is 3.98. The number of halogens is 1. The van der Waals surface area contributed by atoms with Crippen molar-refractivity contribution in [2.45, 2.75) is 58.5 Å². The number of carbonyl (C=O) groups excluding carboxylic acids is 1. The van der Waals surface area contributed by atoms with E-state index in [9.17, 15) is 4.79 Å². The molecule has 1 fully saturated rings. The van der Waals surface area contributed by atoms with Crippen LogP contribution in [0.2, 0.25) is 0 Å². The lowest BCUT2D eigenvalue weighted by Crippen LogP contribution is -2.27. The van der Waals surface area contributed by atoms with Crippen LogP contribution in [0, 0.1) is 0 Å². The highest BCUT2D eigenvalue weighted by Crippen LogP contribution is 2.42. The van der Waals surface area contributed by atoms with Gasteiger partial charge in [0.2, 0.25) is 5.91 Å². The maximum absolute atomic E-state index is 11.8. The Morgan fingerprint density at radius 2 is 1.91 bits per heavy atom. The summed E-state index contributed by atoms with van der Waals surface area (Å²) in [5.74, 6) is -0.945. The molecule has 0 aromatic heterocycles. The highest BCUT2D eigenvalue weighted by atomic mass is 35.5. The molecule has 2 atom stereocenters. The van der Waals surface area contributed by atoms with Crippen molar-refractivity contribution in [3.63, 3.8) is 0 Å². The van der Waals surface area contributed by atoms with Gasteiger partial charge >= 0.3 is 0 Å². The maximum Gasteiger partial charge on any atom is 0.239 e. The molecule has 1 N–H and O–H groups in total. The van der Waals surface area contributed by atoms with E-state index in [1.165, 1.54) is 0 Å². The average Bonchev–Trinajstić information content (AvgIpc) is 2.72. The largest absolute Gasteiger partial charge is 0.340 e. The Morgan fingerprint density at radius 3 is 2.41 bits per heavy atom. The zero-order valence-electron chi connectivity index (χ0n) is 13.8. The highest BCUT2D eigenvalue weighted by Gasteiger charge is 2.43. The molecule has 5 heteroatoms. The second-order valence-electron chi connectivity index (χ2n) is 6.20. The molecule has 1 aliphatic rings. The normalized spacial score (nSPS) is 28.1. The minimum atomic E-state index is -0.876. The summed E-state index contributed by atoms with van der Waals surface area (Å²) in [6.45, 7) is 10.0. The van der Waals surface area contributed by atoms with Crippen molar-refractivity contribution in [2.75, 3.05) is 11.2 Å². The number of amides is 1. The highest BCUT2D eigenvalue weighted by molar-refractivity contribution is 6.29. The Bertz CT molecular complexity index is 549. The van der Waals surface area contributed by atoms with Gasteiger partial charge in [-0.1, -0.05) is 32.0 Å². The molecular weight excluding hydrogens is 302 g/mol. The van der Waals surface area contributed by atoms with Crippen LogP contribution in [0.4, 0.5) is 5.69 Å². The van der Waals surface area contributed by atoms with Gasteiger partial charge in [-0.15, -0.1) is 11.6 Å². The lowest BCUT2D eigenvalue weighted by atomic mass is 9.94. The van der Waals surface area contributed by atoms with E-state index < -0.39 is 5.79 Å². The van der Waals surface area contributed by atoms with Crippen LogP contribution in [0.25, 0.3) is 0 Å². The molecule has 1 aliphatic heterocycles. The summed E-state index contributed by atoms with van der Waals surface area (Å²) >= 11 is 5.65. The zero-order chi connectivity index (χ0) is 16.5. The van der Waals surface area contributed by atoms with Crippen molar-refractivity contribution in [1.82, 2.24) is 0 Å². The average molecular weight is 326 g/mol. The van der Waals surface area contributed by atoms with Crippen LogP contribution in [0.1, 0.15) is 51.7 Å². The molecule has 2 rings (SSSR count). The van der Waals surface area contributed by atoms with Gasteiger partial charge in [-0.05, 0) is 32.3 Å². The van der Waals surface area contributed by atoms with Crippen molar-refractivity contribution in [3.05, 3.63) is 29.3 Å². The van der Waals surface area contributed by atoms with Crippen molar-refractivity contribution in [1.29, 1.82) is 0 Å².